The molecule has 2 unspecified atom stereocenters. The van der Waals surface area contributed by atoms with E-state index in [9.17, 15) is 15.3 Å². The molecule has 0 bridgehead atoms. The molecule has 3 nitrogen and oxygen atoms in total. The molecule has 0 aromatic rings. The minimum atomic E-state index is -0.550. The third-order valence-corrected chi connectivity index (χ3v) is 10.9. The Morgan fingerprint density at radius 1 is 0.933 bits per heavy atom. The van der Waals surface area contributed by atoms with E-state index in [0.29, 0.717) is 40.4 Å². The molecular formula is C27H48O3. The molecule has 30 heavy (non-hydrogen) atoms. The molecule has 0 aromatic heterocycles. The molecule has 0 heterocycles. The zero-order valence-corrected chi connectivity index (χ0v) is 20.2. The zero-order chi connectivity index (χ0) is 21.9. The topological polar surface area (TPSA) is 60.7 Å². The van der Waals surface area contributed by atoms with E-state index in [4.69, 9.17) is 0 Å². The van der Waals surface area contributed by atoms with Gasteiger partial charge in [0, 0.05) is 0 Å². The maximum atomic E-state index is 11.4. The Hall–Kier alpha value is -0.120. The van der Waals surface area contributed by atoms with E-state index >= 15 is 0 Å². The first-order valence-corrected chi connectivity index (χ1v) is 13.0. The summed E-state index contributed by atoms with van der Waals surface area (Å²) in [5, 5.41) is 31.7. The van der Waals surface area contributed by atoms with E-state index in [1.165, 1.54) is 32.1 Å². The predicted molar refractivity (Wildman–Crippen MR) is 122 cm³/mol. The quantitative estimate of drug-likeness (QED) is 0.546. The number of fused-ring (bicyclic) bond motifs is 5. The molecule has 3 N–H and O–H groups in total. The Kier molecular flexibility index (Phi) is 6.17. The van der Waals surface area contributed by atoms with Gasteiger partial charge in [0.25, 0.3) is 0 Å². The van der Waals surface area contributed by atoms with Crippen LogP contribution in [0, 0.1) is 46.3 Å². The summed E-state index contributed by atoms with van der Waals surface area (Å²) in [5.74, 6) is 3.73. The average molecular weight is 421 g/mol. The highest BCUT2D eigenvalue weighted by molar-refractivity contribution is 5.11. The van der Waals surface area contributed by atoms with E-state index in [1.54, 1.807) is 0 Å². The zero-order valence-electron chi connectivity index (χ0n) is 20.2. The second-order valence-corrected chi connectivity index (χ2v) is 13.1. The molecule has 0 saturated heterocycles. The lowest BCUT2D eigenvalue weighted by molar-refractivity contribution is -0.174. The van der Waals surface area contributed by atoms with E-state index in [2.05, 4.69) is 20.8 Å². The van der Waals surface area contributed by atoms with Crippen molar-refractivity contribution in [2.75, 3.05) is 0 Å². The third-order valence-electron chi connectivity index (χ3n) is 10.9. The van der Waals surface area contributed by atoms with Gasteiger partial charge in [-0.2, -0.15) is 0 Å². The monoisotopic (exact) mass is 420 g/mol. The molecule has 10 atom stereocenters. The smallest absolute Gasteiger partial charge is 0.0591 e. The Labute approximate surface area is 185 Å². The van der Waals surface area contributed by atoms with Crippen LogP contribution in [-0.2, 0) is 0 Å². The van der Waals surface area contributed by atoms with Gasteiger partial charge in [-0.15, -0.1) is 0 Å². The van der Waals surface area contributed by atoms with Crippen molar-refractivity contribution in [3.63, 3.8) is 0 Å². The van der Waals surface area contributed by atoms with Crippen LogP contribution in [0.25, 0.3) is 0 Å². The Morgan fingerprint density at radius 3 is 2.30 bits per heavy atom. The van der Waals surface area contributed by atoms with Crippen LogP contribution in [0.15, 0.2) is 0 Å². The normalized spacial score (nSPS) is 49.8. The fourth-order valence-corrected chi connectivity index (χ4v) is 9.23. The summed E-state index contributed by atoms with van der Waals surface area (Å²) < 4.78 is 0. The lowest BCUT2D eigenvalue weighted by Crippen LogP contribution is -2.58. The third kappa shape index (κ3) is 3.90. The van der Waals surface area contributed by atoms with Crippen LogP contribution in [0.3, 0.4) is 0 Å². The highest BCUT2D eigenvalue weighted by atomic mass is 16.3. The summed E-state index contributed by atoms with van der Waals surface area (Å²) >= 11 is 0. The van der Waals surface area contributed by atoms with Crippen LogP contribution in [0.5, 0.6) is 0 Å². The first-order valence-electron chi connectivity index (χ1n) is 13.0. The first kappa shape index (κ1) is 23.1. The van der Waals surface area contributed by atoms with Crippen LogP contribution in [0.1, 0.15) is 105 Å². The van der Waals surface area contributed by atoms with Gasteiger partial charge in [-0.25, -0.2) is 0 Å². The van der Waals surface area contributed by atoms with Gasteiger partial charge in [-0.1, -0.05) is 33.6 Å². The van der Waals surface area contributed by atoms with E-state index in [1.807, 2.05) is 13.8 Å². The highest BCUT2D eigenvalue weighted by Gasteiger charge is 2.62. The van der Waals surface area contributed by atoms with Gasteiger partial charge >= 0.3 is 0 Å². The second-order valence-electron chi connectivity index (χ2n) is 13.1. The Balaban J connectivity index is 1.49. The van der Waals surface area contributed by atoms with E-state index in [-0.39, 0.29) is 12.2 Å². The number of rotatable bonds is 5. The Morgan fingerprint density at radius 2 is 1.60 bits per heavy atom. The van der Waals surface area contributed by atoms with E-state index in [0.717, 1.165) is 44.4 Å². The number of aliphatic hydroxyl groups is 3. The van der Waals surface area contributed by atoms with Crippen molar-refractivity contribution in [2.24, 2.45) is 46.3 Å². The molecule has 0 aromatic carbocycles. The van der Waals surface area contributed by atoms with Crippen molar-refractivity contribution in [1.82, 2.24) is 0 Å². The molecule has 174 valence electrons. The van der Waals surface area contributed by atoms with Gasteiger partial charge in [0.2, 0.25) is 0 Å². The minimum absolute atomic E-state index is 0.152. The van der Waals surface area contributed by atoms with Gasteiger partial charge in [-0.3, -0.25) is 0 Å². The summed E-state index contributed by atoms with van der Waals surface area (Å²) in [6, 6.07) is 0. The molecule has 0 spiro atoms. The maximum absolute atomic E-state index is 11.4. The maximum Gasteiger partial charge on any atom is 0.0591 e. The fourth-order valence-electron chi connectivity index (χ4n) is 9.23. The van der Waals surface area contributed by atoms with Crippen LogP contribution >= 0.6 is 0 Å². The van der Waals surface area contributed by atoms with Crippen LogP contribution in [0.2, 0.25) is 0 Å². The predicted octanol–water partition coefficient (Wildman–Crippen LogP) is 5.55. The lowest BCUT2D eigenvalue weighted by atomic mass is 9.43. The lowest BCUT2D eigenvalue weighted by Gasteiger charge is -2.62. The molecule has 4 aliphatic rings. The van der Waals surface area contributed by atoms with Crippen molar-refractivity contribution in [1.29, 1.82) is 0 Å². The van der Waals surface area contributed by atoms with Crippen LogP contribution in [-0.4, -0.2) is 33.1 Å². The number of aliphatic hydroxyl groups excluding tert-OH is 2. The first-order chi connectivity index (χ1) is 14.0. The molecule has 3 heteroatoms. The molecule has 0 amide bonds. The molecule has 4 fully saturated rings. The summed E-state index contributed by atoms with van der Waals surface area (Å²) in [6.45, 7) is 11.4. The average Bonchev–Trinajstić information content (AvgIpc) is 2.99. The van der Waals surface area contributed by atoms with E-state index < -0.39 is 5.60 Å². The molecule has 4 saturated carbocycles. The number of hydrogen-bond acceptors (Lipinski definition) is 3. The molecule has 4 rings (SSSR count). The summed E-state index contributed by atoms with van der Waals surface area (Å²) in [6.07, 6.45) is 12.0. The van der Waals surface area contributed by atoms with Gasteiger partial charge < -0.3 is 15.3 Å². The Bertz CT molecular complexity index is 612. The highest BCUT2D eigenvalue weighted by Crippen LogP contribution is 2.68. The van der Waals surface area contributed by atoms with Crippen molar-refractivity contribution in [2.45, 2.75) is 123 Å². The number of hydrogen-bond donors (Lipinski definition) is 3. The van der Waals surface area contributed by atoms with Gasteiger partial charge in [0.15, 0.2) is 0 Å². The molecule has 0 aliphatic heterocycles. The van der Waals surface area contributed by atoms with Crippen molar-refractivity contribution in [3.05, 3.63) is 0 Å². The van der Waals surface area contributed by atoms with Crippen LogP contribution < -0.4 is 0 Å². The summed E-state index contributed by atoms with van der Waals surface area (Å²) in [4.78, 5) is 0. The van der Waals surface area contributed by atoms with Gasteiger partial charge in [-0.05, 0) is 118 Å². The molecule has 4 aliphatic carbocycles. The largest absolute Gasteiger partial charge is 0.393 e. The summed E-state index contributed by atoms with van der Waals surface area (Å²) in [5.41, 5.74) is 0.139. The minimum Gasteiger partial charge on any atom is -0.393 e. The standard InChI is InChI=1S/C27H48O3/c1-17(7-6-12-25(2,3)30)20-8-9-21-24-22(11-14-27(20,21)5)26(4)13-10-19(28)15-18(26)16-23(24)29/h17-24,28-30H,6-16H2,1-5H3/t17-,18-,19-,20?,21+,22+,23-,24?,26+,27-/m1/s1. The SMILES string of the molecule is C[C@H](CCCC(C)(C)O)C1CC[C@H]2C3[C@H](O)C[C@H]4C[C@H](O)CC[C@]4(C)[C@H]3CC[C@]12C. The second kappa shape index (κ2) is 8.03. The van der Waals surface area contributed by atoms with Gasteiger partial charge in [0.05, 0.1) is 17.8 Å². The van der Waals surface area contributed by atoms with Crippen molar-refractivity contribution < 1.29 is 15.3 Å². The molecule has 0 radical (unpaired) electrons. The van der Waals surface area contributed by atoms with Crippen molar-refractivity contribution in [3.8, 4) is 0 Å². The van der Waals surface area contributed by atoms with Crippen molar-refractivity contribution >= 4 is 0 Å². The van der Waals surface area contributed by atoms with Gasteiger partial charge in [0.1, 0.15) is 0 Å². The summed E-state index contributed by atoms with van der Waals surface area (Å²) in [7, 11) is 0. The molecular weight excluding hydrogens is 372 g/mol. The van der Waals surface area contributed by atoms with Crippen LogP contribution in [0.4, 0.5) is 0 Å². The fraction of sp³-hybridized carbons (Fsp3) is 1.00.